The molecular weight excluding hydrogens is 190 g/mol. The van der Waals surface area contributed by atoms with Crippen molar-refractivity contribution in [3.05, 3.63) is 22.7 Å². The average molecular weight is 207 g/mol. The summed E-state index contributed by atoms with van der Waals surface area (Å²) in [4.78, 5) is 6.29. The Morgan fingerprint density at radius 2 is 1.79 bits per heavy atom. The molecule has 2 rings (SSSR count). The number of hydrogen-bond acceptors (Lipinski definition) is 1. The van der Waals surface area contributed by atoms with Gasteiger partial charge in [0.05, 0.1) is 0 Å². The zero-order valence-electron chi connectivity index (χ0n) is 9.22. The number of fused-ring (bicyclic) bond motifs is 1. The van der Waals surface area contributed by atoms with Gasteiger partial charge in [-0.15, -0.1) is 11.3 Å². The summed E-state index contributed by atoms with van der Waals surface area (Å²) in [5, 5.41) is 1.38. The van der Waals surface area contributed by atoms with E-state index in [2.05, 4.69) is 44.8 Å². The van der Waals surface area contributed by atoms with E-state index in [0.717, 1.165) is 0 Å². The predicted octanol–water partition coefficient (Wildman–Crippen LogP) is 4.48. The van der Waals surface area contributed by atoms with Crippen molar-refractivity contribution in [2.75, 3.05) is 0 Å². The van der Waals surface area contributed by atoms with Crippen LogP contribution >= 0.6 is 11.3 Å². The summed E-state index contributed by atoms with van der Waals surface area (Å²) in [7, 11) is 0. The van der Waals surface area contributed by atoms with E-state index >= 15 is 0 Å². The van der Waals surface area contributed by atoms with Crippen LogP contribution in [0.3, 0.4) is 0 Å². The van der Waals surface area contributed by atoms with Gasteiger partial charge in [0.1, 0.15) is 4.83 Å². The molecule has 0 spiro atoms. The van der Waals surface area contributed by atoms with Crippen LogP contribution in [0, 0.1) is 0 Å². The first-order valence-corrected chi connectivity index (χ1v) is 6.02. The number of nitrogens with one attached hydrogen (secondary N) is 1. The topological polar surface area (TPSA) is 15.8 Å². The molecule has 2 heteroatoms. The Bertz CT molecular complexity index is 365. The fourth-order valence-corrected chi connectivity index (χ4v) is 2.62. The van der Waals surface area contributed by atoms with E-state index in [4.69, 9.17) is 0 Å². The number of rotatable bonds is 2. The van der Waals surface area contributed by atoms with Gasteiger partial charge in [-0.05, 0) is 24.0 Å². The summed E-state index contributed by atoms with van der Waals surface area (Å²) < 4.78 is 0. The number of H-pyrrole nitrogens is 1. The third-order valence-electron chi connectivity index (χ3n) is 2.54. The van der Waals surface area contributed by atoms with Gasteiger partial charge in [0.25, 0.3) is 0 Å². The largest absolute Gasteiger partial charge is 0.350 e. The summed E-state index contributed by atoms with van der Waals surface area (Å²) in [6, 6.07) is 4.59. The lowest BCUT2D eigenvalue weighted by Crippen LogP contribution is -1.85. The van der Waals surface area contributed by atoms with Crippen LogP contribution in [-0.4, -0.2) is 4.98 Å². The van der Waals surface area contributed by atoms with Gasteiger partial charge in [0, 0.05) is 16.0 Å². The molecule has 0 atom stereocenters. The molecule has 0 radical (unpaired) electrons. The van der Waals surface area contributed by atoms with Gasteiger partial charge in [0.15, 0.2) is 0 Å². The van der Waals surface area contributed by atoms with Gasteiger partial charge >= 0.3 is 0 Å². The van der Waals surface area contributed by atoms with Crippen molar-refractivity contribution < 1.29 is 0 Å². The maximum Gasteiger partial charge on any atom is 0.100 e. The van der Waals surface area contributed by atoms with Crippen LogP contribution in [0.25, 0.3) is 10.2 Å². The standard InChI is InChI=1S/C12H17NS/c1-7(2)10-5-9-6-11(8(3)4)14-12(9)13-10/h5-8,13H,1-4H3. The molecule has 0 aliphatic carbocycles. The molecule has 0 unspecified atom stereocenters. The second-order valence-electron chi connectivity index (χ2n) is 4.47. The zero-order valence-corrected chi connectivity index (χ0v) is 10.0. The van der Waals surface area contributed by atoms with E-state index < -0.39 is 0 Å². The lowest BCUT2D eigenvalue weighted by molar-refractivity contribution is 0.837. The van der Waals surface area contributed by atoms with Crippen LogP contribution in [0.5, 0.6) is 0 Å². The zero-order chi connectivity index (χ0) is 10.3. The molecule has 76 valence electrons. The maximum absolute atomic E-state index is 3.49. The van der Waals surface area contributed by atoms with Crippen molar-refractivity contribution >= 4 is 21.6 Å². The van der Waals surface area contributed by atoms with E-state index in [1.165, 1.54) is 20.8 Å². The predicted molar refractivity (Wildman–Crippen MR) is 64.4 cm³/mol. The number of hydrogen-bond donors (Lipinski definition) is 1. The van der Waals surface area contributed by atoms with Gasteiger partial charge in [-0.1, -0.05) is 27.7 Å². The highest BCUT2D eigenvalue weighted by Gasteiger charge is 2.09. The van der Waals surface area contributed by atoms with E-state index in [0.29, 0.717) is 11.8 Å². The smallest absolute Gasteiger partial charge is 0.100 e. The number of aromatic nitrogens is 1. The van der Waals surface area contributed by atoms with Gasteiger partial charge in [0.2, 0.25) is 0 Å². The van der Waals surface area contributed by atoms with Gasteiger partial charge in [-0.3, -0.25) is 0 Å². The minimum atomic E-state index is 0.595. The first-order valence-electron chi connectivity index (χ1n) is 5.20. The fourth-order valence-electron chi connectivity index (χ4n) is 1.56. The monoisotopic (exact) mass is 207 g/mol. The molecule has 2 aromatic rings. The van der Waals surface area contributed by atoms with E-state index in [-0.39, 0.29) is 0 Å². The highest BCUT2D eigenvalue weighted by molar-refractivity contribution is 7.18. The van der Waals surface area contributed by atoms with Crippen LogP contribution in [0.15, 0.2) is 12.1 Å². The molecular formula is C12H17NS. The molecule has 0 saturated heterocycles. The van der Waals surface area contributed by atoms with E-state index in [1.807, 2.05) is 11.3 Å². The number of thiophene rings is 1. The minimum Gasteiger partial charge on any atom is -0.350 e. The van der Waals surface area contributed by atoms with E-state index in [9.17, 15) is 0 Å². The molecule has 2 aromatic heterocycles. The molecule has 0 saturated carbocycles. The molecule has 0 amide bonds. The first-order chi connectivity index (χ1) is 6.58. The maximum atomic E-state index is 3.49. The first kappa shape index (κ1) is 9.78. The normalized spacial score (nSPS) is 12.1. The molecule has 0 aromatic carbocycles. The van der Waals surface area contributed by atoms with Gasteiger partial charge in [-0.25, -0.2) is 0 Å². The molecule has 14 heavy (non-hydrogen) atoms. The Labute approximate surface area is 89.2 Å². The lowest BCUT2D eigenvalue weighted by Gasteiger charge is -2.00. The minimum absolute atomic E-state index is 0.595. The molecule has 0 bridgehead atoms. The molecule has 0 aliphatic rings. The van der Waals surface area contributed by atoms with Crippen LogP contribution in [0.4, 0.5) is 0 Å². The Hall–Kier alpha value is -0.760. The molecule has 0 fully saturated rings. The molecule has 1 N–H and O–H groups in total. The van der Waals surface area contributed by atoms with Crippen molar-refractivity contribution in [2.24, 2.45) is 0 Å². The SMILES string of the molecule is CC(C)c1cc2cc(C(C)C)sc2[nH]1. The van der Waals surface area contributed by atoms with E-state index in [1.54, 1.807) is 0 Å². The second-order valence-corrected chi connectivity index (χ2v) is 5.55. The highest BCUT2D eigenvalue weighted by atomic mass is 32.1. The molecule has 0 aliphatic heterocycles. The fraction of sp³-hybridized carbons (Fsp3) is 0.500. The molecule has 2 heterocycles. The average Bonchev–Trinajstić information content (AvgIpc) is 2.57. The van der Waals surface area contributed by atoms with Crippen LogP contribution in [0.2, 0.25) is 0 Å². The van der Waals surface area contributed by atoms with Crippen LogP contribution in [-0.2, 0) is 0 Å². The van der Waals surface area contributed by atoms with Crippen molar-refractivity contribution in [1.82, 2.24) is 4.98 Å². The Balaban J connectivity index is 2.45. The summed E-state index contributed by atoms with van der Waals surface area (Å²) in [5.74, 6) is 1.24. The summed E-state index contributed by atoms with van der Waals surface area (Å²) in [6.07, 6.45) is 0. The van der Waals surface area contributed by atoms with Crippen molar-refractivity contribution in [1.29, 1.82) is 0 Å². The van der Waals surface area contributed by atoms with Crippen molar-refractivity contribution in [3.63, 3.8) is 0 Å². The summed E-state index contributed by atoms with van der Waals surface area (Å²) >= 11 is 1.89. The Morgan fingerprint density at radius 1 is 1.07 bits per heavy atom. The molecule has 1 nitrogen and oxygen atoms in total. The van der Waals surface area contributed by atoms with Gasteiger partial charge in [-0.2, -0.15) is 0 Å². The van der Waals surface area contributed by atoms with Crippen LogP contribution in [0.1, 0.15) is 50.1 Å². The Kier molecular flexibility index (Phi) is 2.40. The van der Waals surface area contributed by atoms with Crippen LogP contribution < -0.4 is 0 Å². The summed E-state index contributed by atoms with van der Waals surface area (Å²) in [5.41, 5.74) is 1.35. The third kappa shape index (κ3) is 1.59. The second kappa shape index (κ2) is 3.43. The number of aromatic amines is 1. The Morgan fingerprint density at radius 3 is 2.29 bits per heavy atom. The highest BCUT2D eigenvalue weighted by Crippen LogP contribution is 2.32. The van der Waals surface area contributed by atoms with Crippen molar-refractivity contribution in [2.45, 2.75) is 39.5 Å². The van der Waals surface area contributed by atoms with Crippen molar-refractivity contribution in [3.8, 4) is 0 Å². The third-order valence-corrected chi connectivity index (χ3v) is 3.91. The quantitative estimate of drug-likeness (QED) is 0.747. The van der Waals surface area contributed by atoms with Gasteiger partial charge < -0.3 is 4.98 Å². The lowest BCUT2D eigenvalue weighted by atomic mass is 10.1. The summed E-state index contributed by atoms with van der Waals surface area (Å²) in [6.45, 7) is 8.93.